The van der Waals surface area contributed by atoms with E-state index in [2.05, 4.69) is 15.3 Å². The van der Waals surface area contributed by atoms with Gasteiger partial charge in [-0.25, -0.2) is 9.97 Å². The van der Waals surface area contributed by atoms with Crippen molar-refractivity contribution in [3.05, 3.63) is 36.4 Å². The number of imidazole rings is 2. The average molecular weight is 523 g/mol. The number of rotatable bonds is 16. The van der Waals surface area contributed by atoms with Crippen molar-refractivity contribution < 1.29 is 49.2 Å². The van der Waals surface area contributed by atoms with Crippen molar-refractivity contribution in [2.24, 2.45) is 0 Å². The second-order valence-corrected chi connectivity index (χ2v) is 7.62. The third-order valence-corrected chi connectivity index (χ3v) is 4.79. The molecule has 0 fully saturated rings. The first kappa shape index (κ1) is 28.4. The molecular weight excluding hydrogens is 498 g/mol. The molecule has 2 rings (SSSR count). The first-order chi connectivity index (χ1) is 17.5. The molecule has 2 aromatic heterocycles. The maximum absolute atomic E-state index is 12.4. The van der Waals surface area contributed by atoms with Gasteiger partial charge in [0.25, 0.3) is 0 Å². The minimum absolute atomic E-state index is 0.114. The fraction of sp³-hybridized carbons (Fsp3) is 0.400. The van der Waals surface area contributed by atoms with Crippen LogP contribution in [0.3, 0.4) is 0 Å². The molecule has 200 valence electrons. The van der Waals surface area contributed by atoms with Gasteiger partial charge in [0.2, 0.25) is 11.8 Å². The van der Waals surface area contributed by atoms with E-state index in [-0.39, 0.29) is 26.2 Å². The van der Waals surface area contributed by atoms with E-state index in [4.69, 9.17) is 20.4 Å². The molecule has 0 aliphatic carbocycles. The third kappa shape index (κ3) is 9.40. The number of nitrogens with zero attached hydrogens (tertiary/aromatic N) is 6. The van der Waals surface area contributed by atoms with Crippen LogP contribution in [0, 0.1) is 0 Å². The molecule has 17 heteroatoms. The molecular formula is C20H25N7O10. The van der Waals surface area contributed by atoms with Crippen molar-refractivity contribution in [3.8, 4) is 0 Å². The Kier molecular flexibility index (Phi) is 10.2. The minimum Gasteiger partial charge on any atom is -0.480 e. The quantitative estimate of drug-likeness (QED) is 0.151. The summed E-state index contributed by atoms with van der Waals surface area (Å²) in [5.41, 5.74) is 0. The number of amides is 2. The van der Waals surface area contributed by atoms with Gasteiger partial charge in [0.05, 0.1) is 13.1 Å². The highest BCUT2D eigenvalue weighted by Gasteiger charge is 2.22. The van der Waals surface area contributed by atoms with E-state index in [0.29, 0.717) is 21.4 Å². The summed E-state index contributed by atoms with van der Waals surface area (Å²) in [6.45, 7) is -3.55. The smallest absolute Gasteiger partial charge is 0.323 e. The van der Waals surface area contributed by atoms with Gasteiger partial charge in [0.15, 0.2) is 0 Å². The molecule has 37 heavy (non-hydrogen) atoms. The number of hydrogen-bond acceptors (Lipinski definition) is 9. The van der Waals surface area contributed by atoms with Crippen LogP contribution in [0.25, 0.3) is 0 Å². The number of carbonyl (C=O) groups excluding carboxylic acids is 2. The monoisotopic (exact) mass is 523 g/mol. The summed E-state index contributed by atoms with van der Waals surface area (Å²) in [6.07, 6.45) is 5.74. The molecule has 0 aliphatic rings. The summed E-state index contributed by atoms with van der Waals surface area (Å²) in [7, 11) is 0. The highest BCUT2D eigenvalue weighted by Crippen LogP contribution is 2.04. The predicted molar refractivity (Wildman–Crippen MR) is 119 cm³/mol. The van der Waals surface area contributed by atoms with Gasteiger partial charge < -0.3 is 44.7 Å². The summed E-state index contributed by atoms with van der Waals surface area (Å²) in [5.74, 6) is -6.13. The molecule has 0 radical (unpaired) electrons. The van der Waals surface area contributed by atoms with Gasteiger partial charge in [-0.05, 0) is 0 Å². The maximum Gasteiger partial charge on any atom is 0.323 e. The predicted octanol–water partition coefficient (Wildman–Crippen LogP) is -2.63. The molecule has 0 aromatic carbocycles. The number of aliphatic carboxylic acids is 4. The lowest BCUT2D eigenvalue weighted by molar-refractivity contribution is -0.150. The Morgan fingerprint density at radius 2 is 0.973 bits per heavy atom. The Labute approximate surface area is 208 Å². The van der Waals surface area contributed by atoms with E-state index in [1.165, 1.54) is 33.9 Å². The van der Waals surface area contributed by atoms with Crippen LogP contribution in [0.2, 0.25) is 0 Å². The Bertz CT molecular complexity index is 1040. The summed E-state index contributed by atoms with van der Waals surface area (Å²) in [5, 5.41) is 38.7. The minimum atomic E-state index is -1.36. The summed E-state index contributed by atoms with van der Waals surface area (Å²) in [4.78, 5) is 78.3. The highest BCUT2D eigenvalue weighted by atomic mass is 16.4. The van der Waals surface area contributed by atoms with Crippen molar-refractivity contribution in [3.63, 3.8) is 0 Å². The standard InChI is InChI=1S/C20H25N7O10/c28-15(26(9-17(30)31)10-18(32)33)7-24-3-1-22-13(24)5-21-6-14-23-2-4-25(14)8-16(29)27(11-19(34)35)12-20(36)37/h1-4,21H,5-12H2,(H,30,31)(H,32,33)(H,34,35)(H,36,37). The summed E-state index contributed by atoms with van der Waals surface area (Å²) in [6, 6.07) is 0. The number of hydrogen-bond donors (Lipinski definition) is 5. The third-order valence-electron chi connectivity index (χ3n) is 4.79. The van der Waals surface area contributed by atoms with Gasteiger partial charge >= 0.3 is 23.9 Å². The molecule has 0 saturated heterocycles. The lowest BCUT2D eigenvalue weighted by Crippen LogP contribution is -2.41. The largest absolute Gasteiger partial charge is 0.480 e. The van der Waals surface area contributed by atoms with Gasteiger partial charge in [-0.2, -0.15) is 0 Å². The molecule has 0 atom stereocenters. The van der Waals surface area contributed by atoms with Crippen molar-refractivity contribution in [1.29, 1.82) is 0 Å². The fourth-order valence-corrected chi connectivity index (χ4v) is 3.20. The van der Waals surface area contributed by atoms with E-state index in [1.807, 2.05) is 0 Å². The molecule has 0 spiro atoms. The van der Waals surface area contributed by atoms with Crippen LogP contribution < -0.4 is 5.32 Å². The molecule has 0 saturated carbocycles. The second-order valence-electron chi connectivity index (χ2n) is 7.62. The van der Waals surface area contributed by atoms with Crippen molar-refractivity contribution >= 4 is 35.7 Å². The van der Waals surface area contributed by atoms with E-state index in [1.54, 1.807) is 0 Å². The lowest BCUT2D eigenvalue weighted by Gasteiger charge is -2.19. The van der Waals surface area contributed by atoms with Crippen molar-refractivity contribution in [2.45, 2.75) is 26.2 Å². The van der Waals surface area contributed by atoms with Gasteiger partial charge in [-0.15, -0.1) is 0 Å². The number of nitrogens with one attached hydrogen (secondary N) is 1. The number of aromatic nitrogens is 4. The summed E-state index contributed by atoms with van der Waals surface area (Å²) < 4.78 is 2.83. The van der Waals surface area contributed by atoms with E-state index in [0.717, 1.165) is 0 Å². The van der Waals surface area contributed by atoms with Crippen molar-refractivity contribution in [2.75, 3.05) is 26.2 Å². The van der Waals surface area contributed by atoms with E-state index < -0.39 is 61.9 Å². The summed E-state index contributed by atoms with van der Waals surface area (Å²) >= 11 is 0. The maximum atomic E-state index is 12.4. The zero-order valence-electron chi connectivity index (χ0n) is 19.4. The zero-order chi connectivity index (χ0) is 27.5. The van der Waals surface area contributed by atoms with Crippen LogP contribution in [-0.4, -0.2) is 111 Å². The molecule has 5 N–H and O–H groups in total. The van der Waals surface area contributed by atoms with Gasteiger partial charge in [-0.3, -0.25) is 28.8 Å². The fourth-order valence-electron chi connectivity index (χ4n) is 3.20. The van der Waals surface area contributed by atoms with Crippen LogP contribution in [-0.2, 0) is 54.9 Å². The Hall–Kier alpha value is -4.80. The first-order valence-corrected chi connectivity index (χ1v) is 10.6. The molecule has 2 aromatic rings. The van der Waals surface area contributed by atoms with Crippen LogP contribution in [0.1, 0.15) is 11.6 Å². The van der Waals surface area contributed by atoms with E-state index in [9.17, 15) is 28.8 Å². The van der Waals surface area contributed by atoms with Gasteiger partial charge in [0, 0.05) is 24.8 Å². The van der Waals surface area contributed by atoms with Crippen LogP contribution >= 0.6 is 0 Å². The molecule has 0 unspecified atom stereocenters. The normalized spacial score (nSPS) is 10.6. The Morgan fingerprint density at radius 3 is 1.27 bits per heavy atom. The first-order valence-electron chi connectivity index (χ1n) is 10.6. The molecule has 0 bridgehead atoms. The Morgan fingerprint density at radius 1 is 0.649 bits per heavy atom. The molecule has 2 amide bonds. The Balaban J connectivity index is 1.98. The van der Waals surface area contributed by atoms with E-state index >= 15 is 0 Å². The molecule has 2 heterocycles. The zero-order valence-corrected chi connectivity index (χ0v) is 19.4. The average Bonchev–Trinajstić information content (AvgIpc) is 3.41. The number of carbonyl (C=O) groups is 6. The van der Waals surface area contributed by atoms with Crippen molar-refractivity contribution in [1.82, 2.24) is 34.2 Å². The molecule has 17 nitrogen and oxygen atoms in total. The SMILES string of the molecule is O=C(O)CN(CC(=O)O)C(=O)Cn1ccnc1CNCc1nccn1CC(=O)N(CC(=O)O)CC(=O)O. The van der Waals surface area contributed by atoms with Crippen LogP contribution in [0.15, 0.2) is 24.8 Å². The highest BCUT2D eigenvalue weighted by molar-refractivity contribution is 5.85. The van der Waals surface area contributed by atoms with Crippen LogP contribution in [0.4, 0.5) is 0 Å². The second kappa shape index (κ2) is 13.3. The van der Waals surface area contributed by atoms with Crippen LogP contribution in [0.5, 0.6) is 0 Å². The molecule has 0 aliphatic heterocycles. The topological polar surface area (TPSA) is 237 Å². The number of carboxylic acid groups (broad SMARTS) is 4. The number of carboxylic acids is 4. The lowest BCUT2D eigenvalue weighted by atomic mass is 10.4. The van der Waals surface area contributed by atoms with Gasteiger partial charge in [0.1, 0.15) is 50.9 Å². The van der Waals surface area contributed by atoms with Gasteiger partial charge in [-0.1, -0.05) is 0 Å².